The number of benzene rings is 2. The van der Waals surface area contributed by atoms with Crippen LogP contribution < -0.4 is 9.61 Å². The minimum absolute atomic E-state index is 0.118. The van der Waals surface area contributed by atoms with Crippen molar-refractivity contribution in [1.29, 1.82) is 0 Å². The van der Waals surface area contributed by atoms with Gasteiger partial charge in [0.15, 0.2) is 0 Å². The lowest BCUT2D eigenvalue weighted by atomic mass is 10.1. The molecule has 0 saturated carbocycles. The van der Waals surface area contributed by atoms with Crippen molar-refractivity contribution in [3.63, 3.8) is 0 Å². The molecule has 0 saturated heterocycles. The predicted octanol–water partition coefficient (Wildman–Crippen LogP) is 4.46. The second-order valence-electron chi connectivity index (χ2n) is 5.76. The van der Waals surface area contributed by atoms with Gasteiger partial charge >= 0.3 is 4.87 Å². The maximum absolute atomic E-state index is 13.2. The van der Waals surface area contributed by atoms with Crippen LogP contribution in [0.25, 0.3) is 5.69 Å². The number of nitrogens with zero attached hydrogens (tertiary/aromatic N) is 2. The molecule has 3 rings (SSSR count). The first-order chi connectivity index (χ1) is 11.9. The molecule has 0 amide bonds. The summed E-state index contributed by atoms with van der Waals surface area (Å²) in [5.74, 6) is 0.344. The molecule has 0 spiro atoms. The molecule has 0 atom stereocenters. The SMILES string of the molecule is CC(C)Oc1ccc(Cc2nn(-c3ccc(F)cc3Cl)c(=O)s2)cc1. The molecule has 0 bridgehead atoms. The second kappa shape index (κ2) is 7.37. The largest absolute Gasteiger partial charge is 0.491 e. The minimum Gasteiger partial charge on any atom is -0.491 e. The van der Waals surface area contributed by atoms with Gasteiger partial charge in [0.2, 0.25) is 0 Å². The van der Waals surface area contributed by atoms with E-state index in [1.54, 1.807) is 0 Å². The van der Waals surface area contributed by atoms with Crippen LogP contribution in [0.1, 0.15) is 24.4 Å². The molecule has 25 heavy (non-hydrogen) atoms. The molecule has 2 aromatic carbocycles. The monoisotopic (exact) mass is 378 g/mol. The Kier molecular flexibility index (Phi) is 5.20. The number of hydrogen-bond acceptors (Lipinski definition) is 4. The topological polar surface area (TPSA) is 44.1 Å². The van der Waals surface area contributed by atoms with E-state index >= 15 is 0 Å². The number of aromatic nitrogens is 2. The minimum atomic E-state index is -0.457. The Morgan fingerprint density at radius 2 is 1.96 bits per heavy atom. The summed E-state index contributed by atoms with van der Waals surface area (Å²) >= 11 is 7.06. The summed E-state index contributed by atoms with van der Waals surface area (Å²) in [7, 11) is 0. The average molecular weight is 379 g/mol. The average Bonchev–Trinajstić information content (AvgIpc) is 2.89. The summed E-state index contributed by atoms with van der Waals surface area (Å²) in [4.78, 5) is 11.9. The van der Waals surface area contributed by atoms with E-state index in [2.05, 4.69) is 5.10 Å². The summed E-state index contributed by atoms with van der Waals surface area (Å²) in [6.07, 6.45) is 0.639. The lowest BCUT2D eigenvalue weighted by Gasteiger charge is -2.09. The van der Waals surface area contributed by atoms with Crippen LogP contribution >= 0.6 is 22.9 Å². The number of ether oxygens (including phenoxy) is 1. The van der Waals surface area contributed by atoms with Crippen molar-refractivity contribution in [3.05, 3.63) is 73.5 Å². The maximum Gasteiger partial charge on any atom is 0.329 e. The molecule has 0 aliphatic rings. The Morgan fingerprint density at radius 1 is 1.24 bits per heavy atom. The summed E-state index contributed by atoms with van der Waals surface area (Å²) < 4.78 is 20.0. The lowest BCUT2D eigenvalue weighted by Crippen LogP contribution is -2.12. The van der Waals surface area contributed by atoms with Crippen LogP contribution in [0, 0.1) is 5.82 Å². The third-order valence-electron chi connectivity index (χ3n) is 3.38. The van der Waals surface area contributed by atoms with Crippen LogP contribution in [0.3, 0.4) is 0 Å². The quantitative estimate of drug-likeness (QED) is 0.658. The van der Waals surface area contributed by atoms with Gasteiger partial charge in [0.05, 0.1) is 16.8 Å². The summed E-state index contributed by atoms with van der Waals surface area (Å²) in [6.45, 7) is 3.94. The van der Waals surface area contributed by atoms with E-state index in [-0.39, 0.29) is 16.0 Å². The van der Waals surface area contributed by atoms with Crippen LogP contribution in [0.15, 0.2) is 47.3 Å². The van der Waals surface area contributed by atoms with E-state index in [0.29, 0.717) is 17.1 Å². The van der Waals surface area contributed by atoms with Crippen molar-refractivity contribution in [1.82, 2.24) is 9.78 Å². The predicted molar refractivity (Wildman–Crippen MR) is 97.7 cm³/mol. The highest BCUT2D eigenvalue weighted by Crippen LogP contribution is 2.21. The number of hydrogen-bond donors (Lipinski definition) is 0. The Labute approximate surface area is 153 Å². The van der Waals surface area contributed by atoms with Gasteiger partial charge in [-0.1, -0.05) is 35.1 Å². The van der Waals surface area contributed by atoms with Gasteiger partial charge in [-0.15, -0.1) is 0 Å². The molecular formula is C18H16ClFN2O2S. The molecule has 0 unspecified atom stereocenters. The number of halogens is 2. The van der Waals surface area contributed by atoms with Gasteiger partial charge in [-0.05, 0) is 49.7 Å². The Hall–Kier alpha value is -2.18. The molecule has 130 valence electrons. The molecule has 7 heteroatoms. The standard InChI is InChI=1S/C18H16ClFN2O2S/c1-11(2)24-14-6-3-12(4-7-14)9-17-21-22(18(23)25-17)16-8-5-13(20)10-15(16)19/h3-8,10-11H,9H2,1-2H3. The van der Waals surface area contributed by atoms with Crippen LogP contribution in [-0.4, -0.2) is 15.9 Å². The molecule has 3 aromatic rings. The molecule has 4 nitrogen and oxygen atoms in total. The third-order valence-corrected chi connectivity index (χ3v) is 4.49. The van der Waals surface area contributed by atoms with Crippen molar-refractivity contribution in [3.8, 4) is 11.4 Å². The molecule has 1 aromatic heterocycles. The highest BCUT2D eigenvalue weighted by Gasteiger charge is 2.12. The highest BCUT2D eigenvalue weighted by molar-refractivity contribution is 7.08. The first-order valence-electron chi connectivity index (χ1n) is 7.72. The zero-order valence-electron chi connectivity index (χ0n) is 13.7. The fourth-order valence-electron chi connectivity index (χ4n) is 2.33. The third kappa shape index (κ3) is 4.27. The molecular weight excluding hydrogens is 363 g/mol. The molecule has 0 fully saturated rings. The van der Waals surface area contributed by atoms with Crippen molar-refractivity contribution < 1.29 is 9.13 Å². The van der Waals surface area contributed by atoms with Gasteiger partial charge < -0.3 is 4.74 Å². The number of rotatable bonds is 5. The molecule has 0 aliphatic carbocycles. The van der Waals surface area contributed by atoms with Gasteiger partial charge in [0.1, 0.15) is 16.6 Å². The maximum atomic E-state index is 13.2. The second-order valence-corrected chi connectivity index (χ2v) is 7.19. The Morgan fingerprint density at radius 3 is 2.60 bits per heavy atom. The first kappa shape index (κ1) is 17.6. The fourth-order valence-corrected chi connectivity index (χ4v) is 3.36. The fraction of sp³-hybridized carbons (Fsp3) is 0.222. The van der Waals surface area contributed by atoms with E-state index in [1.165, 1.54) is 16.8 Å². The van der Waals surface area contributed by atoms with E-state index in [0.717, 1.165) is 28.7 Å². The lowest BCUT2D eigenvalue weighted by molar-refractivity contribution is 0.242. The summed E-state index contributed by atoms with van der Waals surface area (Å²) in [5, 5.41) is 5.12. The van der Waals surface area contributed by atoms with Gasteiger partial charge in [0, 0.05) is 6.42 Å². The normalized spacial score (nSPS) is 11.1. The van der Waals surface area contributed by atoms with Crippen molar-refractivity contribution in [2.24, 2.45) is 0 Å². The van der Waals surface area contributed by atoms with Crippen molar-refractivity contribution in [2.75, 3.05) is 0 Å². The van der Waals surface area contributed by atoms with Crippen LogP contribution in [0.5, 0.6) is 5.75 Å². The smallest absolute Gasteiger partial charge is 0.329 e. The van der Waals surface area contributed by atoms with E-state index in [1.807, 2.05) is 38.1 Å². The van der Waals surface area contributed by atoms with Crippen LogP contribution in [0.2, 0.25) is 5.02 Å². The van der Waals surface area contributed by atoms with Crippen molar-refractivity contribution >= 4 is 22.9 Å². The Balaban J connectivity index is 1.82. The van der Waals surface area contributed by atoms with E-state index in [9.17, 15) is 9.18 Å². The first-order valence-corrected chi connectivity index (χ1v) is 8.92. The molecule has 0 radical (unpaired) electrons. The highest BCUT2D eigenvalue weighted by atomic mass is 35.5. The van der Waals surface area contributed by atoms with Crippen molar-refractivity contribution in [2.45, 2.75) is 26.4 Å². The summed E-state index contributed by atoms with van der Waals surface area (Å²) in [5.41, 5.74) is 1.39. The van der Waals surface area contributed by atoms with Gasteiger partial charge in [-0.25, -0.2) is 4.39 Å². The van der Waals surface area contributed by atoms with Crippen LogP contribution in [-0.2, 0) is 6.42 Å². The van der Waals surface area contributed by atoms with Gasteiger partial charge in [-0.2, -0.15) is 9.78 Å². The van der Waals surface area contributed by atoms with Crippen LogP contribution in [0.4, 0.5) is 4.39 Å². The summed E-state index contributed by atoms with van der Waals surface area (Å²) in [6, 6.07) is 11.5. The Bertz CT molecular complexity index is 935. The molecule has 0 aliphatic heterocycles. The van der Waals surface area contributed by atoms with E-state index in [4.69, 9.17) is 16.3 Å². The molecule has 0 N–H and O–H groups in total. The zero-order valence-corrected chi connectivity index (χ0v) is 15.3. The van der Waals surface area contributed by atoms with Gasteiger partial charge in [0.25, 0.3) is 0 Å². The molecule has 1 heterocycles. The van der Waals surface area contributed by atoms with E-state index < -0.39 is 5.82 Å². The zero-order chi connectivity index (χ0) is 18.0. The van der Waals surface area contributed by atoms with Gasteiger partial charge in [-0.3, -0.25) is 4.79 Å².